The zero-order valence-corrected chi connectivity index (χ0v) is 29.2. The molecule has 0 radical (unpaired) electrons. The molecule has 0 unspecified atom stereocenters. The molecule has 10 aromatic carbocycles. The fourth-order valence-electron chi connectivity index (χ4n) is 7.97. The first kappa shape index (κ1) is 30.8. The predicted molar refractivity (Wildman–Crippen MR) is 227 cm³/mol. The van der Waals surface area contributed by atoms with E-state index in [0.717, 1.165) is 17.1 Å². The van der Waals surface area contributed by atoms with Crippen LogP contribution in [0.3, 0.4) is 0 Å². The van der Waals surface area contributed by atoms with Crippen LogP contribution in [0.2, 0.25) is 0 Å². The van der Waals surface area contributed by atoms with Gasteiger partial charge in [-0.05, 0) is 125 Å². The molecule has 1 nitrogen and oxygen atoms in total. The van der Waals surface area contributed by atoms with Crippen LogP contribution in [0.4, 0.5) is 17.1 Å². The highest BCUT2D eigenvalue weighted by molar-refractivity contribution is 6.13. The number of benzene rings is 10. The van der Waals surface area contributed by atoms with E-state index in [9.17, 15) is 0 Å². The third-order valence-corrected chi connectivity index (χ3v) is 10.6. The van der Waals surface area contributed by atoms with Gasteiger partial charge in [0, 0.05) is 17.1 Å². The minimum absolute atomic E-state index is 1.11. The van der Waals surface area contributed by atoms with Gasteiger partial charge in [0.05, 0.1) is 0 Å². The maximum atomic E-state index is 2.36. The van der Waals surface area contributed by atoms with Crippen molar-refractivity contribution in [3.8, 4) is 33.4 Å². The number of anilines is 3. The smallest absolute Gasteiger partial charge is 0.0462 e. The number of nitrogens with zero attached hydrogens (tertiary/aromatic N) is 1. The van der Waals surface area contributed by atoms with Crippen LogP contribution in [-0.2, 0) is 0 Å². The van der Waals surface area contributed by atoms with Crippen LogP contribution < -0.4 is 4.90 Å². The van der Waals surface area contributed by atoms with Crippen molar-refractivity contribution in [1.82, 2.24) is 0 Å². The van der Waals surface area contributed by atoms with E-state index in [4.69, 9.17) is 0 Å². The van der Waals surface area contributed by atoms with Crippen molar-refractivity contribution in [3.63, 3.8) is 0 Å². The Balaban J connectivity index is 1.06. The number of fused-ring (bicyclic) bond motifs is 5. The molecular weight excluding hydrogens is 639 g/mol. The van der Waals surface area contributed by atoms with Crippen molar-refractivity contribution in [1.29, 1.82) is 0 Å². The molecule has 0 fully saturated rings. The topological polar surface area (TPSA) is 3.24 Å². The van der Waals surface area contributed by atoms with Gasteiger partial charge in [0.15, 0.2) is 0 Å². The van der Waals surface area contributed by atoms with Crippen LogP contribution in [0, 0.1) is 0 Å². The Bertz CT molecular complexity index is 2920. The lowest BCUT2D eigenvalue weighted by molar-refractivity contribution is 1.28. The molecule has 0 N–H and O–H groups in total. The standard InChI is InChI=1S/C52H35N/c1-2-12-41-34-42(21-20-36(41)10-1)37-22-28-44(29-23-37)53(45-30-24-39(25-31-45)48-19-9-14-38-11-3-5-15-47(38)48)46-32-26-40(27-33-46)52-35-43-13-4-6-16-49(43)50-17-7-8-18-51(50)52/h1-35H. The number of rotatable bonds is 6. The molecule has 0 atom stereocenters. The molecule has 0 aliphatic heterocycles. The van der Waals surface area contributed by atoms with Crippen molar-refractivity contribution in [2.75, 3.05) is 4.90 Å². The van der Waals surface area contributed by atoms with E-state index >= 15 is 0 Å². The lowest BCUT2D eigenvalue weighted by atomic mass is 9.93. The molecule has 0 spiro atoms. The van der Waals surface area contributed by atoms with E-state index in [1.807, 2.05) is 0 Å². The zero-order valence-electron chi connectivity index (χ0n) is 29.2. The van der Waals surface area contributed by atoms with Crippen LogP contribution in [0.25, 0.3) is 76.5 Å². The van der Waals surface area contributed by atoms with Crippen molar-refractivity contribution < 1.29 is 0 Å². The van der Waals surface area contributed by atoms with Gasteiger partial charge in [-0.1, -0.05) is 164 Å². The second-order valence-electron chi connectivity index (χ2n) is 13.8. The highest BCUT2D eigenvalue weighted by atomic mass is 15.1. The van der Waals surface area contributed by atoms with Gasteiger partial charge < -0.3 is 4.90 Å². The normalized spacial score (nSPS) is 11.4. The molecule has 0 saturated heterocycles. The summed E-state index contributed by atoms with van der Waals surface area (Å²) in [7, 11) is 0. The van der Waals surface area contributed by atoms with Gasteiger partial charge in [-0.25, -0.2) is 0 Å². The number of hydrogen-bond acceptors (Lipinski definition) is 1. The minimum Gasteiger partial charge on any atom is -0.311 e. The Morgan fingerprint density at radius 2 is 0.698 bits per heavy atom. The molecule has 0 aliphatic carbocycles. The predicted octanol–water partition coefficient (Wildman–Crippen LogP) is 14.8. The van der Waals surface area contributed by atoms with Crippen molar-refractivity contribution in [2.24, 2.45) is 0 Å². The first-order chi connectivity index (χ1) is 26.3. The van der Waals surface area contributed by atoms with Crippen LogP contribution in [0.1, 0.15) is 0 Å². The SMILES string of the molecule is c1ccc2cc(-c3ccc(N(c4ccc(-c5cccc6ccccc56)cc4)c4ccc(-c5cc6ccccc6c6ccccc56)cc4)cc3)ccc2c1. The third kappa shape index (κ3) is 5.60. The second kappa shape index (κ2) is 13.0. The molecule has 0 heterocycles. The van der Waals surface area contributed by atoms with Gasteiger partial charge in [-0.2, -0.15) is 0 Å². The Hall–Kier alpha value is -6.96. The van der Waals surface area contributed by atoms with Gasteiger partial charge in [0.2, 0.25) is 0 Å². The third-order valence-electron chi connectivity index (χ3n) is 10.6. The summed E-state index contributed by atoms with van der Waals surface area (Å²) >= 11 is 0. The first-order valence-electron chi connectivity index (χ1n) is 18.3. The van der Waals surface area contributed by atoms with E-state index < -0.39 is 0 Å². The second-order valence-corrected chi connectivity index (χ2v) is 13.8. The van der Waals surface area contributed by atoms with Gasteiger partial charge in [-0.3, -0.25) is 0 Å². The van der Waals surface area contributed by atoms with E-state index in [1.54, 1.807) is 0 Å². The molecule has 248 valence electrons. The van der Waals surface area contributed by atoms with Gasteiger partial charge in [-0.15, -0.1) is 0 Å². The van der Waals surface area contributed by atoms with Gasteiger partial charge in [0.25, 0.3) is 0 Å². The fourth-order valence-corrected chi connectivity index (χ4v) is 7.97. The summed E-state index contributed by atoms with van der Waals surface area (Å²) in [6.07, 6.45) is 0. The summed E-state index contributed by atoms with van der Waals surface area (Å²) in [5.74, 6) is 0. The summed E-state index contributed by atoms with van der Waals surface area (Å²) in [5, 5.41) is 10.1. The largest absolute Gasteiger partial charge is 0.311 e. The highest BCUT2D eigenvalue weighted by Gasteiger charge is 2.15. The van der Waals surface area contributed by atoms with Crippen molar-refractivity contribution in [2.45, 2.75) is 0 Å². The van der Waals surface area contributed by atoms with Crippen LogP contribution in [-0.4, -0.2) is 0 Å². The maximum absolute atomic E-state index is 2.36. The summed E-state index contributed by atoms with van der Waals surface area (Å²) in [6.45, 7) is 0. The minimum atomic E-state index is 1.11. The molecule has 0 amide bonds. The molecule has 1 heteroatoms. The number of hydrogen-bond donors (Lipinski definition) is 0. The first-order valence-corrected chi connectivity index (χ1v) is 18.3. The Labute approximate surface area is 309 Å². The molecule has 0 bridgehead atoms. The average Bonchev–Trinajstić information content (AvgIpc) is 3.24. The van der Waals surface area contributed by atoms with Crippen molar-refractivity contribution in [3.05, 3.63) is 212 Å². The Morgan fingerprint density at radius 1 is 0.226 bits per heavy atom. The summed E-state index contributed by atoms with van der Waals surface area (Å²) in [6, 6.07) is 77.2. The lowest BCUT2D eigenvalue weighted by Gasteiger charge is -2.26. The van der Waals surface area contributed by atoms with E-state index in [1.165, 1.54) is 76.5 Å². The molecule has 0 aliphatic rings. The van der Waals surface area contributed by atoms with Gasteiger partial charge in [0.1, 0.15) is 0 Å². The van der Waals surface area contributed by atoms with Crippen LogP contribution in [0.15, 0.2) is 212 Å². The molecule has 0 aromatic heterocycles. The quantitative estimate of drug-likeness (QED) is 0.159. The Kier molecular flexibility index (Phi) is 7.55. The van der Waals surface area contributed by atoms with E-state index in [2.05, 4.69) is 217 Å². The Morgan fingerprint density at radius 3 is 1.38 bits per heavy atom. The maximum Gasteiger partial charge on any atom is 0.0462 e. The van der Waals surface area contributed by atoms with E-state index in [-0.39, 0.29) is 0 Å². The molecule has 10 aromatic rings. The van der Waals surface area contributed by atoms with Crippen molar-refractivity contribution >= 4 is 60.2 Å². The zero-order chi connectivity index (χ0) is 35.1. The fraction of sp³-hybridized carbons (Fsp3) is 0. The van der Waals surface area contributed by atoms with E-state index in [0.29, 0.717) is 0 Å². The molecule has 10 rings (SSSR count). The monoisotopic (exact) mass is 673 g/mol. The highest BCUT2D eigenvalue weighted by Crippen LogP contribution is 2.40. The van der Waals surface area contributed by atoms with Crippen LogP contribution >= 0.6 is 0 Å². The summed E-state index contributed by atoms with van der Waals surface area (Å²) < 4.78 is 0. The summed E-state index contributed by atoms with van der Waals surface area (Å²) in [5.41, 5.74) is 10.6. The molecule has 0 saturated carbocycles. The molecule has 53 heavy (non-hydrogen) atoms. The van der Waals surface area contributed by atoms with Crippen LogP contribution in [0.5, 0.6) is 0 Å². The van der Waals surface area contributed by atoms with Gasteiger partial charge >= 0.3 is 0 Å². The average molecular weight is 674 g/mol. The summed E-state index contributed by atoms with van der Waals surface area (Å²) in [4.78, 5) is 2.36. The molecular formula is C52H35N. The lowest BCUT2D eigenvalue weighted by Crippen LogP contribution is -2.09.